The Hall–Kier alpha value is -2.67. The van der Waals surface area contributed by atoms with Crippen molar-refractivity contribution in [2.24, 2.45) is 7.05 Å². The quantitative estimate of drug-likeness (QED) is 0.622. The fourth-order valence-corrected chi connectivity index (χ4v) is 5.13. The summed E-state index contributed by atoms with van der Waals surface area (Å²) in [5, 5.41) is 5.17. The Morgan fingerprint density at radius 1 is 1.16 bits per heavy atom. The molecule has 1 aromatic carbocycles. The second-order valence-electron chi connectivity index (χ2n) is 8.86. The topological polar surface area (TPSA) is 54.5 Å². The molecule has 31 heavy (non-hydrogen) atoms. The maximum absolute atomic E-state index is 13.4. The standard InChI is InChI=1S/C24H29FN4O2/c1-27-13-9-19-21(27)4-2-11-29(24(19)30)12-3-10-28-14-7-17(8-15-28)23-20-6-5-18(25)16-22(20)31-26-23/h5-6,9,13,16-17H,2-4,7-8,10-12,14-15H2,1H3. The molecule has 7 heteroatoms. The number of nitrogens with zero attached hydrogens (tertiary/aromatic N) is 4. The van der Waals surface area contributed by atoms with Gasteiger partial charge >= 0.3 is 0 Å². The Balaban J connectivity index is 1.12. The summed E-state index contributed by atoms with van der Waals surface area (Å²) >= 11 is 0. The first-order chi connectivity index (χ1) is 15.1. The van der Waals surface area contributed by atoms with Gasteiger partial charge in [0.2, 0.25) is 0 Å². The lowest BCUT2D eigenvalue weighted by Crippen LogP contribution is -2.37. The minimum atomic E-state index is -0.295. The highest BCUT2D eigenvalue weighted by Gasteiger charge is 2.26. The van der Waals surface area contributed by atoms with E-state index >= 15 is 0 Å². The highest BCUT2D eigenvalue weighted by molar-refractivity contribution is 5.95. The van der Waals surface area contributed by atoms with Crippen LogP contribution in [0.3, 0.4) is 0 Å². The summed E-state index contributed by atoms with van der Waals surface area (Å²) < 4.78 is 20.8. The third-order valence-corrected chi connectivity index (χ3v) is 6.90. The summed E-state index contributed by atoms with van der Waals surface area (Å²) in [5.74, 6) is 0.240. The van der Waals surface area contributed by atoms with Crippen molar-refractivity contribution in [2.45, 2.75) is 38.0 Å². The molecule has 2 aliphatic heterocycles. The summed E-state index contributed by atoms with van der Waals surface area (Å²) in [6.45, 7) is 4.68. The van der Waals surface area contributed by atoms with Crippen molar-refractivity contribution in [2.75, 3.05) is 32.7 Å². The van der Waals surface area contributed by atoms with Crippen LogP contribution < -0.4 is 0 Å². The lowest BCUT2D eigenvalue weighted by Gasteiger charge is -2.31. The van der Waals surface area contributed by atoms with Crippen LogP contribution in [-0.4, -0.2) is 58.2 Å². The van der Waals surface area contributed by atoms with Crippen molar-refractivity contribution in [3.8, 4) is 0 Å². The zero-order valence-corrected chi connectivity index (χ0v) is 18.0. The van der Waals surface area contributed by atoms with Crippen molar-refractivity contribution < 1.29 is 13.7 Å². The second kappa shape index (κ2) is 8.46. The Bertz CT molecular complexity index is 1080. The highest BCUT2D eigenvalue weighted by Crippen LogP contribution is 2.32. The number of rotatable bonds is 5. The minimum Gasteiger partial charge on any atom is -0.356 e. The molecule has 164 valence electrons. The fraction of sp³-hybridized carbons (Fsp3) is 0.500. The van der Waals surface area contributed by atoms with Crippen molar-refractivity contribution in [3.63, 3.8) is 0 Å². The van der Waals surface area contributed by atoms with Gasteiger partial charge in [-0.15, -0.1) is 0 Å². The number of likely N-dealkylation sites (tertiary alicyclic amines) is 1. The van der Waals surface area contributed by atoms with Crippen LogP contribution in [0.4, 0.5) is 4.39 Å². The van der Waals surface area contributed by atoms with Gasteiger partial charge in [0.05, 0.1) is 11.3 Å². The lowest BCUT2D eigenvalue weighted by molar-refractivity contribution is 0.0751. The van der Waals surface area contributed by atoms with E-state index in [-0.39, 0.29) is 11.7 Å². The van der Waals surface area contributed by atoms with Gasteiger partial charge in [0.1, 0.15) is 5.82 Å². The Morgan fingerprint density at radius 3 is 2.84 bits per heavy atom. The molecule has 1 fully saturated rings. The molecule has 1 amide bonds. The normalized spacial score (nSPS) is 18.5. The largest absolute Gasteiger partial charge is 0.356 e. The van der Waals surface area contributed by atoms with E-state index in [1.807, 2.05) is 24.2 Å². The van der Waals surface area contributed by atoms with Crippen LogP contribution in [0.5, 0.6) is 0 Å². The number of carbonyl (C=O) groups is 1. The average Bonchev–Trinajstić information content (AvgIpc) is 3.31. The molecule has 2 aromatic heterocycles. The number of benzene rings is 1. The molecule has 0 bridgehead atoms. The third kappa shape index (κ3) is 3.99. The number of aryl methyl sites for hydroxylation is 1. The second-order valence-corrected chi connectivity index (χ2v) is 8.86. The molecule has 0 N–H and O–H groups in total. The number of aromatic nitrogens is 2. The van der Waals surface area contributed by atoms with E-state index in [1.54, 1.807) is 6.07 Å². The first-order valence-electron chi connectivity index (χ1n) is 11.3. The Kier molecular flexibility index (Phi) is 5.52. The van der Waals surface area contributed by atoms with Gasteiger partial charge in [-0.2, -0.15) is 0 Å². The van der Waals surface area contributed by atoms with Crippen molar-refractivity contribution in [3.05, 3.63) is 53.2 Å². The van der Waals surface area contributed by atoms with Crippen LogP contribution in [0, 0.1) is 5.82 Å². The van der Waals surface area contributed by atoms with Gasteiger partial charge in [-0.25, -0.2) is 4.39 Å². The summed E-state index contributed by atoms with van der Waals surface area (Å²) in [6.07, 6.45) is 7.02. The van der Waals surface area contributed by atoms with E-state index in [4.69, 9.17) is 4.52 Å². The maximum atomic E-state index is 13.4. The molecular weight excluding hydrogens is 395 g/mol. The van der Waals surface area contributed by atoms with Gasteiger partial charge in [0.15, 0.2) is 5.58 Å². The van der Waals surface area contributed by atoms with Crippen LogP contribution in [0.15, 0.2) is 35.0 Å². The number of amides is 1. The molecule has 0 spiro atoms. The summed E-state index contributed by atoms with van der Waals surface area (Å²) in [6, 6.07) is 6.62. The smallest absolute Gasteiger partial charge is 0.255 e. The van der Waals surface area contributed by atoms with Crippen LogP contribution in [0.1, 0.15) is 53.3 Å². The van der Waals surface area contributed by atoms with E-state index in [9.17, 15) is 9.18 Å². The summed E-state index contributed by atoms with van der Waals surface area (Å²) in [4.78, 5) is 17.4. The molecule has 0 radical (unpaired) electrons. The number of piperidine rings is 1. The molecule has 0 atom stereocenters. The Morgan fingerprint density at radius 2 is 2.00 bits per heavy atom. The van der Waals surface area contributed by atoms with Crippen LogP contribution >= 0.6 is 0 Å². The predicted octanol–water partition coefficient (Wildman–Crippen LogP) is 3.96. The molecule has 3 aromatic rings. The molecule has 6 nitrogen and oxygen atoms in total. The molecule has 2 aliphatic rings. The lowest BCUT2D eigenvalue weighted by atomic mass is 9.91. The molecule has 4 heterocycles. The SMILES string of the molecule is Cn1ccc2c1CCCN(CCCN1CCC(c3noc4cc(F)ccc34)CC1)C2=O. The highest BCUT2D eigenvalue weighted by atomic mass is 19.1. The van der Waals surface area contributed by atoms with Gasteiger partial charge in [-0.1, -0.05) is 5.16 Å². The van der Waals surface area contributed by atoms with Gasteiger partial charge in [0, 0.05) is 49.4 Å². The van der Waals surface area contributed by atoms with Crippen molar-refractivity contribution >= 4 is 16.9 Å². The molecular formula is C24H29FN4O2. The molecule has 0 unspecified atom stereocenters. The maximum Gasteiger partial charge on any atom is 0.255 e. The van der Waals surface area contributed by atoms with E-state index in [2.05, 4.69) is 14.6 Å². The first-order valence-corrected chi connectivity index (χ1v) is 11.3. The molecule has 0 saturated carbocycles. The molecule has 0 aliphatic carbocycles. The monoisotopic (exact) mass is 424 g/mol. The number of carbonyl (C=O) groups excluding carboxylic acids is 1. The zero-order chi connectivity index (χ0) is 21.4. The van der Waals surface area contributed by atoms with E-state index < -0.39 is 0 Å². The van der Waals surface area contributed by atoms with Crippen molar-refractivity contribution in [1.29, 1.82) is 0 Å². The van der Waals surface area contributed by atoms with E-state index in [1.165, 1.54) is 12.1 Å². The summed E-state index contributed by atoms with van der Waals surface area (Å²) in [5.41, 5.74) is 3.53. The van der Waals surface area contributed by atoms with E-state index in [0.29, 0.717) is 11.5 Å². The van der Waals surface area contributed by atoms with Crippen LogP contribution in [0.25, 0.3) is 11.0 Å². The number of fused-ring (bicyclic) bond motifs is 2. The van der Waals surface area contributed by atoms with E-state index in [0.717, 1.165) is 87.2 Å². The number of halogens is 1. The number of hydrogen-bond acceptors (Lipinski definition) is 4. The van der Waals surface area contributed by atoms with Crippen molar-refractivity contribution in [1.82, 2.24) is 19.5 Å². The van der Waals surface area contributed by atoms with Gasteiger partial charge in [0.25, 0.3) is 5.91 Å². The third-order valence-electron chi connectivity index (χ3n) is 6.90. The molecule has 1 saturated heterocycles. The van der Waals surface area contributed by atoms with Gasteiger partial charge in [-0.3, -0.25) is 4.79 Å². The molecule has 5 rings (SSSR count). The minimum absolute atomic E-state index is 0.182. The average molecular weight is 425 g/mol. The van der Waals surface area contributed by atoms with Gasteiger partial charge < -0.3 is 18.9 Å². The Labute approximate surface area is 181 Å². The zero-order valence-electron chi connectivity index (χ0n) is 18.0. The summed E-state index contributed by atoms with van der Waals surface area (Å²) in [7, 11) is 2.02. The van der Waals surface area contributed by atoms with Crippen LogP contribution in [0.2, 0.25) is 0 Å². The fourth-order valence-electron chi connectivity index (χ4n) is 5.13. The number of hydrogen-bond donors (Lipinski definition) is 0. The van der Waals surface area contributed by atoms with Crippen LogP contribution in [-0.2, 0) is 13.5 Å². The first kappa shape index (κ1) is 20.2. The predicted molar refractivity (Wildman–Crippen MR) is 117 cm³/mol. The van der Waals surface area contributed by atoms with Gasteiger partial charge in [-0.05, 0) is 69.9 Å².